The van der Waals surface area contributed by atoms with Gasteiger partial charge >= 0.3 is 0 Å². The van der Waals surface area contributed by atoms with Crippen LogP contribution >= 0.6 is 0 Å². The second kappa shape index (κ2) is 12.3. The van der Waals surface area contributed by atoms with Crippen LogP contribution in [0.2, 0.25) is 0 Å². The lowest BCUT2D eigenvalue weighted by atomic mass is 9.57. The molecule has 0 radical (unpaired) electrons. The van der Waals surface area contributed by atoms with Crippen molar-refractivity contribution in [1.29, 1.82) is 0 Å². The highest BCUT2D eigenvalue weighted by molar-refractivity contribution is 5.88. The number of benzene rings is 8. The molecule has 60 heavy (non-hydrogen) atoms. The topological polar surface area (TPSA) is 3.24 Å². The fraction of sp³-hybridized carbons (Fsp3) is 0.186. The van der Waals surface area contributed by atoms with Crippen molar-refractivity contribution in [3.05, 3.63) is 210 Å². The maximum atomic E-state index is 2.59. The summed E-state index contributed by atoms with van der Waals surface area (Å²) in [6.07, 6.45) is 5.62. The lowest BCUT2D eigenvalue weighted by molar-refractivity contribution is 0.114. The van der Waals surface area contributed by atoms with Crippen LogP contribution in [0.1, 0.15) is 61.8 Å². The van der Waals surface area contributed by atoms with Crippen molar-refractivity contribution in [2.75, 3.05) is 4.90 Å². The molecule has 1 heteroatoms. The van der Waals surface area contributed by atoms with E-state index < -0.39 is 0 Å². The number of nitrogens with zero attached hydrogens (tertiary/aromatic N) is 1. The Kier molecular flexibility index (Phi) is 7.06. The van der Waals surface area contributed by atoms with Crippen molar-refractivity contribution in [2.45, 2.75) is 50.4 Å². The van der Waals surface area contributed by atoms with Crippen LogP contribution in [0.5, 0.6) is 0 Å². The first-order valence-corrected chi connectivity index (χ1v) is 22.1. The summed E-state index contributed by atoms with van der Waals surface area (Å²) >= 11 is 0. The van der Waals surface area contributed by atoms with E-state index in [1.165, 1.54) is 98.1 Å². The molecule has 0 amide bonds. The molecule has 1 nitrogen and oxygen atoms in total. The Morgan fingerprint density at radius 2 is 0.950 bits per heavy atom. The first-order chi connectivity index (χ1) is 29.4. The summed E-state index contributed by atoms with van der Waals surface area (Å²) in [4.78, 5) is 2.44. The minimum atomic E-state index is -0.0928. The van der Waals surface area contributed by atoms with Crippen LogP contribution in [0.3, 0.4) is 0 Å². The van der Waals surface area contributed by atoms with E-state index in [0.29, 0.717) is 5.41 Å². The van der Waals surface area contributed by atoms with Gasteiger partial charge in [0.25, 0.3) is 0 Å². The number of hydrogen-bond donors (Lipinski definition) is 0. The van der Waals surface area contributed by atoms with Crippen molar-refractivity contribution >= 4 is 17.1 Å². The number of hydrogen-bond acceptors (Lipinski definition) is 1. The lowest BCUT2D eigenvalue weighted by Gasteiger charge is -2.46. The second-order valence-electron chi connectivity index (χ2n) is 19.0. The Labute approximate surface area is 354 Å². The number of anilines is 3. The molecule has 5 aliphatic carbocycles. The summed E-state index contributed by atoms with van der Waals surface area (Å²) in [7, 11) is 0. The van der Waals surface area contributed by atoms with Crippen molar-refractivity contribution in [2.24, 2.45) is 17.3 Å². The summed E-state index contributed by atoms with van der Waals surface area (Å²) in [6.45, 7) is 4.74. The van der Waals surface area contributed by atoms with Crippen LogP contribution in [-0.4, -0.2) is 0 Å². The molecule has 13 rings (SSSR count). The van der Waals surface area contributed by atoms with E-state index >= 15 is 0 Å². The smallest absolute Gasteiger partial charge is 0.0467 e. The predicted molar refractivity (Wildman–Crippen MR) is 249 cm³/mol. The summed E-state index contributed by atoms with van der Waals surface area (Å²) in [5, 5.41) is 0. The van der Waals surface area contributed by atoms with Crippen molar-refractivity contribution < 1.29 is 0 Å². The van der Waals surface area contributed by atoms with E-state index in [2.05, 4.69) is 207 Å². The standard InChI is InChI=1S/C59H47N/c1-57(2)52-20-8-6-18-48(52)50-29-27-47(35-54(50)57)60(45-25-22-39(23-26-45)38-12-4-3-5-13-38)46-17-11-16-42(33-46)40-14-10-15-41(32-40)43-24-28-51-49-19-7-9-21-53(49)59(55(51)34-43)37-44-36-58(44)31-30-56(58)59/h3-29,32-35,44,56H,30-31,36-37H2,1-2H3. The molecule has 5 aliphatic rings. The molecule has 2 spiro atoms. The van der Waals surface area contributed by atoms with Gasteiger partial charge in [0.05, 0.1) is 0 Å². The van der Waals surface area contributed by atoms with Gasteiger partial charge in [-0.1, -0.05) is 153 Å². The van der Waals surface area contributed by atoms with E-state index in [0.717, 1.165) is 23.2 Å². The summed E-state index contributed by atoms with van der Waals surface area (Å²) < 4.78 is 0. The van der Waals surface area contributed by atoms with Crippen LogP contribution in [0.25, 0.3) is 55.6 Å². The molecule has 8 aromatic carbocycles. The zero-order valence-electron chi connectivity index (χ0n) is 34.3. The van der Waals surface area contributed by atoms with Gasteiger partial charge < -0.3 is 4.90 Å². The number of fused-ring (bicyclic) bond motifs is 9. The van der Waals surface area contributed by atoms with Gasteiger partial charge in [-0.2, -0.15) is 0 Å². The predicted octanol–water partition coefficient (Wildman–Crippen LogP) is 15.6. The molecule has 0 N–H and O–H groups in total. The first kappa shape index (κ1) is 34.4. The van der Waals surface area contributed by atoms with E-state index in [1.807, 2.05) is 0 Å². The zero-order valence-corrected chi connectivity index (χ0v) is 34.3. The van der Waals surface area contributed by atoms with Crippen LogP contribution in [0.4, 0.5) is 17.1 Å². The van der Waals surface area contributed by atoms with Crippen LogP contribution in [0, 0.1) is 17.3 Å². The van der Waals surface area contributed by atoms with Gasteiger partial charge in [0.1, 0.15) is 0 Å². The molecule has 4 unspecified atom stereocenters. The lowest BCUT2D eigenvalue weighted by Crippen LogP contribution is -2.41. The average Bonchev–Trinajstić information content (AvgIpc) is 3.86. The van der Waals surface area contributed by atoms with Crippen molar-refractivity contribution in [3.8, 4) is 55.6 Å². The molecule has 288 valence electrons. The average molecular weight is 770 g/mol. The Balaban J connectivity index is 0.898. The van der Waals surface area contributed by atoms with E-state index in [9.17, 15) is 0 Å². The Morgan fingerprint density at radius 3 is 1.70 bits per heavy atom. The monoisotopic (exact) mass is 769 g/mol. The highest BCUT2D eigenvalue weighted by Crippen LogP contribution is 2.83. The fourth-order valence-corrected chi connectivity index (χ4v) is 12.9. The Morgan fingerprint density at radius 1 is 0.400 bits per heavy atom. The molecule has 4 atom stereocenters. The molecule has 0 heterocycles. The maximum absolute atomic E-state index is 2.59. The van der Waals surface area contributed by atoms with Gasteiger partial charge in [0.15, 0.2) is 0 Å². The summed E-state index contributed by atoms with van der Waals surface area (Å²) in [6, 6.07) is 71.0. The van der Waals surface area contributed by atoms with Gasteiger partial charge in [-0.25, -0.2) is 0 Å². The van der Waals surface area contributed by atoms with Gasteiger partial charge in [0.2, 0.25) is 0 Å². The van der Waals surface area contributed by atoms with E-state index in [4.69, 9.17) is 0 Å². The third-order valence-corrected chi connectivity index (χ3v) is 15.9. The van der Waals surface area contributed by atoms with Gasteiger partial charge in [0, 0.05) is 27.9 Å². The third kappa shape index (κ3) is 4.69. The molecule has 0 aliphatic heterocycles. The minimum Gasteiger partial charge on any atom is -0.310 e. The maximum Gasteiger partial charge on any atom is 0.0467 e. The molecule has 8 aromatic rings. The van der Waals surface area contributed by atoms with Gasteiger partial charge in [-0.15, -0.1) is 0 Å². The molecule has 0 saturated heterocycles. The number of rotatable bonds is 6. The van der Waals surface area contributed by atoms with E-state index in [1.54, 1.807) is 11.1 Å². The largest absolute Gasteiger partial charge is 0.310 e. The summed E-state index contributed by atoms with van der Waals surface area (Å²) in [5.74, 6) is 1.71. The molecule has 3 fully saturated rings. The highest BCUT2D eigenvalue weighted by Gasteiger charge is 2.76. The zero-order chi connectivity index (χ0) is 39.8. The van der Waals surface area contributed by atoms with Crippen molar-refractivity contribution in [3.63, 3.8) is 0 Å². The second-order valence-corrected chi connectivity index (χ2v) is 19.0. The molecule has 0 bridgehead atoms. The summed E-state index contributed by atoms with van der Waals surface area (Å²) in [5.41, 5.74) is 23.3. The SMILES string of the molecule is CC1(C)c2ccccc2-c2ccc(N(c3ccc(-c4ccccc4)cc3)c3cccc(-c4cccc(-c5ccc6c(c5)C5(CC7CC78CCC58)c5ccccc5-6)c4)c3)cc21. The third-order valence-electron chi connectivity index (χ3n) is 15.9. The Hall–Kier alpha value is -6.44. The van der Waals surface area contributed by atoms with Crippen LogP contribution < -0.4 is 4.90 Å². The molecular formula is C59H47N. The quantitative estimate of drug-likeness (QED) is 0.163. The molecule has 0 aromatic heterocycles. The van der Waals surface area contributed by atoms with E-state index in [-0.39, 0.29) is 10.8 Å². The fourth-order valence-electron chi connectivity index (χ4n) is 12.9. The Bertz CT molecular complexity index is 3040. The minimum absolute atomic E-state index is 0.0928. The van der Waals surface area contributed by atoms with Gasteiger partial charge in [-0.3, -0.25) is 0 Å². The van der Waals surface area contributed by atoms with Crippen molar-refractivity contribution in [1.82, 2.24) is 0 Å². The molecule has 3 saturated carbocycles. The molecular weight excluding hydrogens is 723 g/mol. The highest BCUT2D eigenvalue weighted by atomic mass is 15.1. The van der Waals surface area contributed by atoms with Crippen LogP contribution in [0.15, 0.2) is 188 Å². The first-order valence-electron chi connectivity index (χ1n) is 22.1. The van der Waals surface area contributed by atoms with Gasteiger partial charge in [-0.05, 0) is 169 Å². The van der Waals surface area contributed by atoms with Crippen LogP contribution in [-0.2, 0) is 10.8 Å². The normalized spacial score (nSPS) is 22.8.